The first kappa shape index (κ1) is 10.1. The van der Waals surface area contributed by atoms with Crippen molar-refractivity contribution in [3.63, 3.8) is 0 Å². The number of aryl methyl sites for hydroxylation is 2. The average Bonchev–Trinajstić information content (AvgIpc) is 2.76. The maximum Gasteiger partial charge on any atom is 0.171 e. The third kappa shape index (κ3) is 1.99. The third-order valence-electron chi connectivity index (χ3n) is 2.40. The molecule has 0 saturated heterocycles. The Labute approximate surface area is 92.4 Å². The van der Waals surface area contributed by atoms with Crippen molar-refractivity contribution in [3.05, 3.63) is 40.1 Å². The number of carbonyl (C=O) groups excluding carboxylic acids is 1. The summed E-state index contributed by atoms with van der Waals surface area (Å²) in [5.74, 6) is 0.952. The summed E-state index contributed by atoms with van der Waals surface area (Å²) in [7, 11) is 1.90. The minimum atomic E-state index is 0.142. The van der Waals surface area contributed by atoms with Crippen molar-refractivity contribution < 1.29 is 4.79 Å². The molecule has 4 heteroatoms. The van der Waals surface area contributed by atoms with Crippen LogP contribution >= 0.6 is 11.3 Å². The number of imidazole rings is 1. The molecule has 2 aromatic heterocycles. The Morgan fingerprint density at radius 2 is 2.33 bits per heavy atom. The standard InChI is InChI=1S/C11H12N2OS/c1-8-6-15-7-9(8)10(14)5-11-12-3-4-13(11)2/h3-4,6-7H,5H2,1-2H3. The van der Waals surface area contributed by atoms with Gasteiger partial charge in [-0.3, -0.25) is 4.79 Å². The molecule has 78 valence electrons. The number of rotatable bonds is 3. The number of Topliss-reactive ketones (excluding diaryl/α,β-unsaturated/α-hetero) is 1. The molecule has 2 rings (SSSR count). The van der Waals surface area contributed by atoms with Gasteiger partial charge in [0.25, 0.3) is 0 Å². The van der Waals surface area contributed by atoms with Gasteiger partial charge in [0.05, 0.1) is 6.42 Å². The topological polar surface area (TPSA) is 34.9 Å². The fourth-order valence-corrected chi connectivity index (χ4v) is 2.30. The highest BCUT2D eigenvalue weighted by Crippen LogP contribution is 2.15. The summed E-state index contributed by atoms with van der Waals surface area (Å²) >= 11 is 1.56. The fraction of sp³-hybridized carbons (Fsp3) is 0.273. The third-order valence-corrected chi connectivity index (χ3v) is 3.26. The molecule has 0 atom stereocenters. The molecule has 2 aromatic rings. The molecule has 0 radical (unpaired) electrons. The lowest BCUT2D eigenvalue weighted by atomic mass is 10.1. The fourth-order valence-electron chi connectivity index (χ4n) is 1.45. The summed E-state index contributed by atoms with van der Waals surface area (Å²) in [5.41, 5.74) is 1.88. The van der Waals surface area contributed by atoms with E-state index in [0.29, 0.717) is 6.42 Å². The molecule has 0 spiro atoms. The van der Waals surface area contributed by atoms with E-state index in [9.17, 15) is 4.79 Å². The van der Waals surface area contributed by atoms with Crippen molar-refractivity contribution in [1.82, 2.24) is 9.55 Å². The van der Waals surface area contributed by atoms with Crippen molar-refractivity contribution in [2.24, 2.45) is 7.05 Å². The molecule has 15 heavy (non-hydrogen) atoms. The first-order valence-corrected chi connectivity index (χ1v) is 5.65. The summed E-state index contributed by atoms with van der Waals surface area (Å²) in [6.45, 7) is 1.96. The molecule has 0 unspecified atom stereocenters. The molecule has 0 N–H and O–H groups in total. The van der Waals surface area contributed by atoms with E-state index in [1.54, 1.807) is 17.5 Å². The lowest BCUT2D eigenvalue weighted by molar-refractivity contribution is 0.0990. The van der Waals surface area contributed by atoms with Gasteiger partial charge < -0.3 is 4.57 Å². The van der Waals surface area contributed by atoms with Gasteiger partial charge in [-0.15, -0.1) is 0 Å². The molecule has 0 saturated carbocycles. The Morgan fingerprint density at radius 3 is 2.87 bits per heavy atom. The molecule has 0 aromatic carbocycles. The zero-order valence-electron chi connectivity index (χ0n) is 8.73. The zero-order valence-corrected chi connectivity index (χ0v) is 9.54. The van der Waals surface area contributed by atoms with Gasteiger partial charge in [-0.25, -0.2) is 4.98 Å². The lowest BCUT2D eigenvalue weighted by Crippen LogP contribution is -2.08. The van der Waals surface area contributed by atoms with E-state index in [1.165, 1.54) is 0 Å². The van der Waals surface area contributed by atoms with Crippen molar-refractivity contribution in [3.8, 4) is 0 Å². The molecule has 2 heterocycles. The van der Waals surface area contributed by atoms with E-state index in [0.717, 1.165) is 17.0 Å². The van der Waals surface area contributed by atoms with Crippen LogP contribution in [0.15, 0.2) is 23.2 Å². The summed E-state index contributed by atoms with van der Waals surface area (Å²) in [5, 5.41) is 3.90. The number of thiophene rings is 1. The maximum atomic E-state index is 11.9. The monoisotopic (exact) mass is 220 g/mol. The van der Waals surface area contributed by atoms with Crippen LogP contribution in [0.25, 0.3) is 0 Å². The van der Waals surface area contributed by atoms with Gasteiger partial charge in [-0.1, -0.05) is 0 Å². The number of hydrogen-bond donors (Lipinski definition) is 0. The van der Waals surface area contributed by atoms with Crippen molar-refractivity contribution in [2.75, 3.05) is 0 Å². The molecule has 3 nitrogen and oxygen atoms in total. The van der Waals surface area contributed by atoms with E-state index in [4.69, 9.17) is 0 Å². The highest BCUT2D eigenvalue weighted by Gasteiger charge is 2.12. The van der Waals surface area contributed by atoms with Crippen molar-refractivity contribution in [2.45, 2.75) is 13.3 Å². The Hall–Kier alpha value is -1.42. The van der Waals surface area contributed by atoms with E-state index in [1.807, 2.05) is 35.5 Å². The van der Waals surface area contributed by atoms with Gasteiger partial charge in [0, 0.05) is 30.4 Å². The first-order chi connectivity index (χ1) is 7.18. The summed E-state index contributed by atoms with van der Waals surface area (Å²) < 4.78 is 1.87. The minimum absolute atomic E-state index is 0.142. The molecule has 0 aliphatic rings. The number of carbonyl (C=O) groups is 1. The quantitative estimate of drug-likeness (QED) is 0.743. The van der Waals surface area contributed by atoms with E-state index in [-0.39, 0.29) is 5.78 Å². The zero-order chi connectivity index (χ0) is 10.8. The summed E-state index contributed by atoms with van der Waals surface area (Å²) in [4.78, 5) is 16.0. The predicted octanol–water partition coefficient (Wildman–Crippen LogP) is 2.22. The van der Waals surface area contributed by atoms with Crippen LogP contribution in [0, 0.1) is 6.92 Å². The van der Waals surface area contributed by atoms with Crippen LogP contribution in [0.4, 0.5) is 0 Å². The maximum absolute atomic E-state index is 11.9. The lowest BCUT2D eigenvalue weighted by Gasteiger charge is -2.00. The van der Waals surface area contributed by atoms with E-state index >= 15 is 0 Å². The highest BCUT2D eigenvalue weighted by atomic mass is 32.1. The first-order valence-electron chi connectivity index (χ1n) is 4.70. The smallest absolute Gasteiger partial charge is 0.171 e. The van der Waals surface area contributed by atoms with Crippen molar-refractivity contribution in [1.29, 1.82) is 0 Å². The molecule has 0 bridgehead atoms. The number of hydrogen-bond acceptors (Lipinski definition) is 3. The van der Waals surface area contributed by atoms with Crippen molar-refractivity contribution >= 4 is 17.1 Å². The normalized spacial score (nSPS) is 10.5. The Bertz CT molecular complexity index is 484. The van der Waals surface area contributed by atoms with Gasteiger partial charge in [-0.05, 0) is 17.9 Å². The van der Waals surface area contributed by atoms with Crippen LogP contribution in [-0.2, 0) is 13.5 Å². The second-order valence-electron chi connectivity index (χ2n) is 3.52. The SMILES string of the molecule is Cc1cscc1C(=O)Cc1nccn1C. The van der Waals surface area contributed by atoms with Crippen LogP contribution in [0.3, 0.4) is 0 Å². The molecular weight excluding hydrogens is 208 g/mol. The molecular formula is C11H12N2OS. The minimum Gasteiger partial charge on any atom is -0.338 e. The Morgan fingerprint density at radius 1 is 1.53 bits per heavy atom. The Kier molecular flexibility index (Phi) is 2.68. The van der Waals surface area contributed by atoms with Crippen LogP contribution in [0.1, 0.15) is 21.7 Å². The van der Waals surface area contributed by atoms with Gasteiger partial charge in [0.2, 0.25) is 0 Å². The predicted molar refractivity (Wildman–Crippen MR) is 60.3 cm³/mol. The number of nitrogens with zero attached hydrogens (tertiary/aromatic N) is 2. The molecule has 0 amide bonds. The van der Waals surface area contributed by atoms with Gasteiger partial charge in [-0.2, -0.15) is 11.3 Å². The van der Waals surface area contributed by atoms with Gasteiger partial charge >= 0.3 is 0 Å². The van der Waals surface area contributed by atoms with Crippen LogP contribution in [-0.4, -0.2) is 15.3 Å². The van der Waals surface area contributed by atoms with Crippen LogP contribution in [0.2, 0.25) is 0 Å². The van der Waals surface area contributed by atoms with Gasteiger partial charge in [0.15, 0.2) is 5.78 Å². The molecule has 0 aliphatic heterocycles. The second kappa shape index (κ2) is 3.98. The number of aromatic nitrogens is 2. The summed E-state index contributed by atoms with van der Waals surface area (Å²) in [6.07, 6.45) is 3.94. The van der Waals surface area contributed by atoms with Gasteiger partial charge in [0.1, 0.15) is 5.82 Å². The Balaban J connectivity index is 2.18. The average molecular weight is 220 g/mol. The van der Waals surface area contributed by atoms with Crippen LogP contribution in [0.5, 0.6) is 0 Å². The second-order valence-corrected chi connectivity index (χ2v) is 4.27. The van der Waals surface area contributed by atoms with Crippen LogP contribution < -0.4 is 0 Å². The largest absolute Gasteiger partial charge is 0.338 e. The molecule has 0 aliphatic carbocycles. The van der Waals surface area contributed by atoms with E-state index < -0.39 is 0 Å². The summed E-state index contributed by atoms with van der Waals surface area (Å²) in [6, 6.07) is 0. The molecule has 0 fully saturated rings. The number of ketones is 1. The van der Waals surface area contributed by atoms with E-state index in [2.05, 4.69) is 4.98 Å². The highest BCUT2D eigenvalue weighted by molar-refractivity contribution is 7.08.